The number of rotatable bonds is 1. The second kappa shape index (κ2) is 4.20. The van der Waals surface area contributed by atoms with Gasteiger partial charge in [-0.15, -0.1) is 0 Å². The third kappa shape index (κ3) is 1.80. The molecule has 0 aromatic heterocycles. The number of nitrogens with zero attached hydrogens (tertiary/aromatic N) is 2. The Kier molecular flexibility index (Phi) is 2.56. The van der Waals surface area contributed by atoms with Crippen LogP contribution in [-0.4, -0.2) is 24.0 Å². The molecule has 2 atom stereocenters. The second-order valence-corrected chi connectivity index (χ2v) is 4.58. The molecule has 1 saturated carbocycles. The SMILES string of the molecule is C1=N[C@H]2CCCC[C@@H]2N=C1c1ccccc1. The van der Waals surface area contributed by atoms with Gasteiger partial charge in [-0.05, 0) is 12.8 Å². The van der Waals surface area contributed by atoms with Gasteiger partial charge in [0.05, 0.1) is 17.8 Å². The van der Waals surface area contributed by atoms with E-state index in [2.05, 4.69) is 29.3 Å². The fraction of sp³-hybridized carbons (Fsp3) is 0.429. The van der Waals surface area contributed by atoms with Crippen LogP contribution >= 0.6 is 0 Å². The van der Waals surface area contributed by atoms with E-state index >= 15 is 0 Å². The van der Waals surface area contributed by atoms with Crippen LogP contribution in [0.2, 0.25) is 0 Å². The molecule has 16 heavy (non-hydrogen) atoms. The van der Waals surface area contributed by atoms with Crippen molar-refractivity contribution in [3.63, 3.8) is 0 Å². The predicted molar refractivity (Wildman–Crippen MR) is 67.5 cm³/mol. The first kappa shape index (κ1) is 9.76. The highest BCUT2D eigenvalue weighted by Crippen LogP contribution is 2.26. The molecule has 3 rings (SSSR count). The molecule has 0 N–H and O–H groups in total. The van der Waals surface area contributed by atoms with Gasteiger partial charge in [0.25, 0.3) is 0 Å². The molecule has 0 radical (unpaired) electrons. The third-order valence-electron chi connectivity index (χ3n) is 3.46. The zero-order valence-electron chi connectivity index (χ0n) is 9.34. The topological polar surface area (TPSA) is 24.7 Å². The van der Waals surface area contributed by atoms with E-state index in [1.165, 1.54) is 31.2 Å². The summed E-state index contributed by atoms with van der Waals surface area (Å²) >= 11 is 0. The van der Waals surface area contributed by atoms with E-state index in [1.54, 1.807) is 0 Å². The molecule has 2 heteroatoms. The normalized spacial score (nSPS) is 28.4. The zero-order valence-corrected chi connectivity index (χ0v) is 9.34. The summed E-state index contributed by atoms with van der Waals surface area (Å²) in [5.41, 5.74) is 2.25. The van der Waals surface area contributed by atoms with Crippen molar-refractivity contribution in [2.45, 2.75) is 37.8 Å². The van der Waals surface area contributed by atoms with Crippen LogP contribution in [0.5, 0.6) is 0 Å². The fourth-order valence-electron chi connectivity index (χ4n) is 2.55. The molecule has 0 saturated heterocycles. The van der Waals surface area contributed by atoms with Gasteiger partial charge in [0.1, 0.15) is 0 Å². The molecule has 1 aliphatic carbocycles. The average molecular weight is 212 g/mol. The molecule has 2 aliphatic rings. The fourth-order valence-corrected chi connectivity index (χ4v) is 2.55. The number of benzene rings is 1. The lowest BCUT2D eigenvalue weighted by molar-refractivity contribution is 0.387. The maximum atomic E-state index is 4.84. The highest BCUT2D eigenvalue weighted by Gasteiger charge is 2.26. The largest absolute Gasteiger partial charge is 0.285 e. The minimum atomic E-state index is 0.439. The molecule has 0 spiro atoms. The lowest BCUT2D eigenvalue weighted by Gasteiger charge is -2.28. The summed E-state index contributed by atoms with van der Waals surface area (Å²) in [5.74, 6) is 0. The Morgan fingerprint density at radius 3 is 2.50 bits per heavy atom. The first-order chi connectivity index (χ1) is 7.93. The van der Waals surface area contributed by atoms with Crippen LogP contribution in [0.15, 0.2) is 40.3 Å². The monoisotopic (exact) mass is 212 g/mol. The molecule has 2 nitrogen and oxygen atoms in total. The van der Waals surface area contributed by atoms with Crippen molar-refractivity contribution in [1.82, 2.24) is 0 Å². The molecule has 1 aromatic rings. The zero-order chi connectivity index (χ0) is 10.8. The molecule has 1 aromatic carbocycles. The van der Waals surface area contributed by atoms with Crippen molar-refractivity contribution in [3.05, 3.63) is 35.9 Å². The Balaban J connectivity index is 1.88. The molecule has 0 bridgehead atoms. The van der Waals surface area contributed by atoms with E-state index in [0.29, 0.717) is 12.1 Å². The van der Waals surface area contributed by atoms with Crippen LogP contribution in [0.4, 0.5) is 0 Å². The summed E-state index contributed by atoms with van der Waals surface area (Å²) in [6.07, 6.45) is 7.00. The van der Waals surface area contributed by atoms with Crippen LogP contribution in [0.1, 0.15) is 31.2 Å². The van der Waals surface area contributed by atoms with Crippen LogP contribution in [0.3, 0.4) is 0 Å². The highest BCUT2D eigenvalue weighted by atomic mass is 15.0. The molecular weight excluding hydrogens is 196 g/mol. The quantitative estimate of drug-likeness (QED) is 0.684. The maximum absolute atomic E-state index is 4.84. The molecule has 1 aliphatic heterocycles. The number of aliphatic imine (C=N–C) groups is 2. The molecule has 1 heterocycles. The van der Waals surface area contributed by atoms with Crippen molar-refractivity contribution >= 4 is 11.9 Å². The first-order valence-electron chi connectivity index (χ1n) is 6.10. The molecule has 1 fully saturated rings. The van der Waals surface area contributed by atoms with Crippen LogP contribution in [0, 0.1) is 0 Å². The van der Waals surface area contributed by atoms with E-state index in [4.69, 9.17) is 4.99 Å². The van der Waals surface area contributed by atoms with Gasteiger partial charge in [0.2, 0.25) is 0 Å². The van der Waals surface area contributed by atoms with Gasteiger partial charge >= 0.3 is 0 Å². The Morgan fingerprint density at radius 1 is 0.938 bits per heavy atom. The number of fused-ring (bicyclic) bond motifs is 1. The van der Waals surface area contributed by atoms with Gasteiger partial charge in [0.15, 0.2) is 0 Å². The highest BCUT2D eigenvalue weighted by molar-refractivity contribution is 6.38. The van der Waals surface area contributed by atoms with Gasteiger partial charge < -0.3 is 0 Å². The maximum Gasteiger partial charge on any atom is 0.0829 e. The Labute approximate surface area is 96.1 Å². The summed E-state index contributed by atoms with van der Waals surface area (Å²) in [6, 6.07) is 11.3. The predicted octanol–water partition coefficient (Wildman–Crippen LogP) is 2.87. The van der Waals surface area contributed by atoms with Crippen molar-refractivity contribution in [3.8, 4) is 0 Å². The lowest BCUT2D eigenvalue weighted by Crippen LogP contribution is -2.32. The van der Waals surface area contributed by atoms with E-state index in [1.807, 2.05) is 12.3 Å². The first-order valence-corrected chi connectivity index (χ1v) is 6.10. The Bertz CT molecular complexity index is 420. The van der Waals surface area contributed by atoms with Gasteiger partial charge in [-0.3, -0.25) is 9.98 Å². The van der Waals surface area contributed by atoms with Gasteiger partial charge in [-0.2, -0.15) is 0 Å². The van der Waals surface area contributed by atoms with Crippen LogP contribution in [0.25, 0.3) is 0 Å². The van der Waals surface area contributed by atoms with Crippen molar-refractivity contribution in [1.29, 1.82) is 0 Å². The summed E-state index contributed by atoms with van der Waals surface area (Å²) in [6.45, 7) is 0. The molecule has 0 unspecified atom stereocenters. The van der Waals surface area contributed by atoms with Crippen molar-refractivity contribution in [2.75, 3.05) is 0 Å². The van der Waals surface area contributed by atoms with Gasteiger partial charge in [0, 0.05) is 11.8 Å². The smallest absolute Gasteiger partial charge is 0.0829 e. The third-order valence-corrected chi connectivity index (χ3v) is 3.46. The molecule has 0 amide bonds. The van der Waals surface area contributed by atoms with E-state index < -0.39 is 0 Å². The number of hydrogen-bond donors (Lipinski definition) is 0. The second-order valence-electron chi connectivity index (χ2n) is 4.58. The van der Waals surface area contributed by atoms with Crippen LogP contribution < -0.4 is 0 Å². The van der Waals surface area contributed by atoms with E-state index in [-0.39, 0.29) is 0 Å². The summed E-state index contributed by atoms with van der Waals surface area (Å²) in [7, 11) is 0. The minimum absolute atomic E-state index is 0.439. The summed E-state index contributed by atoms with van der Waals surface area (Å²) in [5, 5.41) is 0. The van der Waals surface area contributed by atoms with E-state index in [0.717, 1.165) is 5.71 Å². The van der Waals surface area contributed by atoms with Crippen molar-refractivity contribution < 1.29 is 0 Å². The van der Waals surface area contributed by atoms with Crippen LogP contribution in [-0.2, 0) is 0 Å². The lowest BCUT2D eigenvalue weighted by atomic mass is 9.90. The summed E-state index contributed by atoms with van der Waals surface area (Å²) < 4.78 is 0. The molecular formula is C14H16N2. The van der Waals surface area contributed by atoms with E-state index in [9.17, 15) is 0 Å². The van der Waals surface area contributed by atoms with Gasteiger partial charge in [-0.25, -0.2) is 0 Å². The molecule has 82 valence electrons. The number of hydrogen-bond acceptors (Lipinski definition) is 2. The average Bonchev–Trinajstić information content (AvgIpc) is 2.39. The standard InChI is InChI=1S/C14H16N2/c1-2-6-11(7-3-1)14-10-15-12-8-4-5-9-13(12)16-14/h1-3,6-7,10,12-13H,4-5,8-9H2/t12-,13-/m0/s1. The minimum Gasteiger partial charge on any atom is -0.285 e. The van der Waals surface area contributed by atoms with Crippen molar-refractivity contribution in [2.24, 2.45) is 9.98 Å². The summed E-state index contributed by atoms with van der Waals surface area (Å²) in [4.78, 5) is 9.49. The van der Waals surface area contributed by atoms with Gasteiger partial charge in [-0.1, -0.05) is 43.2 Å². The Hall–Kier alpha value is -1.44. The Morgan fingerprint density at radius 2 is 1.69 bits per heavy atom.